The summed E-state index contributed by atoms with van der Waals surface area (Å²) in [6.07, 6.45) is 4.90. The molecule has 0 heterocycles. The predicted molar refractivity (Wildman–Crippen MR) is 48.9 cm³/mol. The molecule has 1 aliphatic rings. The average molecular weight is 172 g/mol. The lowest BCUT2D eigenvalue weighted by Crippen LogP contribution is -2.32. The van der Waals surface area contributed by atoms with Crippen LogP contribution in [0.3, 0.4) is 0 Å². The van der Waals surface area contributed by atoms with Crippen LogP contribution in [-0.2, 0) is 0 Å². The van der Waals surface area contributed by atoms with Gasteiger partial charge in [-0.25, -0.2) is 0 Å². The summed E-state index contributed by atoms with van der Waals surface area (Å²) in [7, 11) is 0. The summed E-state index contributed by atoms with van der Waals surface area (Å²) in [5.41, 5.74) is -0.622. The van der Waals surface area contributed by atoms with Crippen LogP contribution in [0.4, 0.5) is 0 Å². The molecule has 2 nitrogen and oxygen atoms in total. The largest absolute Gasteiger partial charge is 0.393 e. The Bertz CT molecular complexity index is 137. The van der Waals surface area contributed by atoms with E-state index in [1.54, 1.807) is 0 Å². The van der Waals surface area contributed by atoms with Gasteiger partial charge in [0.1, 0.15) is 0 Å². The van der Waals surface area contributed by atoms with E-state index in [0.717, 1.165) is 25.7 Å². The van der Waals surface area contributed by atoms with Crippen LogP contribution >= 0.6 is 0 Å². The number of rotatable bonds is 2. The number of hydrogen-bond acceptors (Lipinski definition) is 2. The molecule has 1 saturated carbocycles. The van der Waals surface area contributed by atoms with Gasteiger partial charge in [-0.2, -0.15) is 0 Å². The smallest absolute Gasteiger partial charge is 0.0595 e. The van der Waals surface area contributed by atoms with Crippen LogP contribution < -0.4 is 0 Å². The molecule has 2 heteroatoms. The fourth-order valence-electron chi connectivity index (χ4n) is 2.07. The molecule has 72 valence electrons. The minimum atomic E-state index is -0.622. The first kappa shape index (κ1) is 10.0. The van der Waals surface area contributed by atoms with Crippen LogP contribution in [0.5, 0.6) is 0 Å². The predicted octanol–water partition coefficient (Wildman–Crippen LogP) is 1.70. The van der Waals surface area contributed by atoms with E-state index in [0.29, 0.717) is 5.92 Å². The van der Waals surface area contributed by atoms with Crippen molar-refractivity contribution in [3.63, 3.8) is 0 Å². The zero-order valence-corrected chi connectivity index (χ0v) is 8.08. The zero-order valence-electron chi connectivity index (χ0n) is 8.08. The zero-order chi connectivity index (χ0) is 9.19. The third-order valence-corrected chi connectivity index (χ3v) is 2.63. The van der Waals surface area contributed by atoms with Gasteiger partial charge in [0, 0.05) is 0 Å². The molecule has 0 radical (unpaired) electrons. The summed E-state index contributed by atoms with van der Waals surface area (Å²) >= 11 is 0. The molecule has 1 fully saturated rings. The van der Waals surface area contributed by atoms with Crippen LogP contribution in [0.25, 0.3) is 0 Å². The van der Waals surface area contributed by atoms with Gasteiger partial charge in [-0.05, 0) is 39.0 Å². The van der Waals surface area contributed by atoms with Crippen molar-refractivity contribution >= 4 is 0 Å². The van der Waals surface area contributed by atoms with E-state index in [2.05, 4.69) is 0 Å². The Hall–Kier alpha value is -0.0800. The van der Waals surface area contributed by atoms with Crippen molar-refractivity contribution in [2.75, 3.05) is 0 Å². The van der Waals surface area contributed by atoms with E-state index in [1.165, 1.54) is 6.42 Å². The summed E-state index contributed by atoms with van der Waals surface area (Å²) in [5.74, 6) is 0.318. The first-order valence-electron chi connectivity index (χ1n) is 4.89. The third kappa shape index (κ3) is 3.11. The van der Waals surface area contributed by atoms with Gasteiger partial charge in [-0.3, -0.25) is 0 Å². The Balaban J connectivity index is 2.39. The molecule has 0 aliphatic heterocycles. The third-order valence-electron chi connectivity index (χ3n) is 2.63. The van der Waals surface area contributed by atoms with Gasteiger partial charge in [0.05, 0.1) is 11.7 Å². The molecular formula is C10H20O2. The van der Waals surface area contributed by atoms with Crippen molar-refractivity contribution < 1.29 is 10.2 Å². The molecule has 1 aliphatic carbocycles. The van der Waals surface area contributed by atoms with Crippen molar-refractivity contribution in [2.24, 2.45) is 5.92 Å². The van der Waals surface area contributed by atoms with Crippen LogP contribution in [0, 0.1) is 5.92 Å². The van der Waals surface area contributed by atoms with Crippen molar-refractivity contribution in [1.29, 1.82) is 0 Å². The Morgan fingerprint density at radius 3 is 2.33 bits per heavy atom. The minimum Gasteiger partial charge on any atom is -0.393 e. The Morgan fingerprint density at radius 2 is 1.83 bits per heavy atom. The van der Waals surface area contributed by atoms with E-state index < -0.39 is 5.60 Å². The maximum absolute atomic E-state index is 9.62. The van der Waals surface area contributed by atoms with Crippen molar-refractivity contribution in [3.8, 4) is 0 Å². The molecule has 0 saturated heterocycles. The molecule has 1 rings (SSSR count). The first-order valence-corrected chi connectivity index (χ1v) is 4.89. The number of aliphatic hydroxyl groups excluding tert-OH is 1. The number of hydrogen-bond donors (Lipinski definition) is 2. The van der Waals surface area contributed by atoms with Crippen molar-refractivity contribution in [2.45, 2.75) is 57.7 Å². The van der Waals surface area contributed by atoms with Gasteiger partial charge in [0.2, 0.25) is 0 Å². The highest BCUT2D eigenvalue weighted by molar-refractivity contribution is 4.80. The van der Waals surface area contributed by atoms with Crippen LogP contribution in [-0.4, -0.2) is 21.9 Å². The van der Waals surface area contributed by atoms with Gasteiger partial charge in [0.25, 0.3) is 0 Å². The Kier molecular flexibility index (Phi) is 3.13. The maximum atomic E-state index is 9.62. The topological polar surface area (TPSA) is 40.5 Å². The molecule has 0 unspecified atom stereocenters. The fourth-order valence-corrected chi connectivity index (χ4v) is 2.07. The van der Waals surface area contributed by atoms with E-state index in [4.69, 9.17) is 0 Å². The molecular weight excluding hydrogens is 152 g/mol. The average Bonchev–Trinajstić information content (AvgIpc) is 1.91. The molecule has 12 heavy (non-hydrogen) atoms. The number of aliphatic hydroxyl groups is 2. The quantitative estimate of drug-likeness (QED) is 0.665. The fraction of sp³-hybridized carbons (Fsp3) is 1.00. The highest BCUT2D eigenvalue weighted by Crippen LogP contribution is 2.30. The molecule has 0 spiro atoms. The van der Waals surface area contributed by atoms with E-state index >= 15 is 0 Å². The Morgan fingerprint density at radius 1 is 1.25 bits per heavy atom. The standard InChI is InChI=1S/C10H20O2/c1-10(2,12)7-8-5-3-4-6-9(8)11/h8-9,11-12H,3-7H2,1-2H3/t8-,9-/m1/s1. The summed E-state index contributed by atoms with van der Waals surface area (Å²) in [5, 5.41) is 19.2. The second-order valence-electron chi connectivity index (χ2n) is 4.63. The Labute approximate surface area is 74.6 Å². The first-order chi connectivity index (χ1) is 5.49. The lowest BCUT2D eigenvalue weighted by Gasteiger charge is -2.31. The van der Waals surface area contributed by atoms with Gasteiger partial charge in [0.15, 0.2) is 0 Å². The molecule has 0 aromatic carbocycles. The van der Waals surface area contributed by atoms with Gasteiger partial charge < -0.3 is 10.2 Å². The van der Waals surface area contributed by atoms with Crippen LogP contribution in [0.2, 0.25) is 0 Å². The van der Waals surface area contributed by atoms with Gasteiger partial charge in [-0.15, -0.1) is 0 Å². The molecule has 2 N–H and O–H groups in total. The summed E-state index contributed by atoms with van der Waals surface area (Å²) in [6.45, 7) is 3.63. The van der Waals surface area contributed by atoms with E-state index in [1.807, 2.05) is 13.8 Å². The van der Waals surface area contributed by atoms with Gasteiger partial charge in [-0.1, -0.05) is 12.8 Å². The highest BCUT2D eigenvalue weighted by Gasteiger charge is 2.28. The molecule has 0 amide bonds. The summed E-state index contributed by atoms with van der Waals surface area (Å²) < 4.78 is 0. The summed E-state index contributed by atoms with van der Waals surface area (Å²) in [6, 6.07) is 0. The van der Waals surface area contributed by atoms with Crippen molar-refractivity contribution in [1.82, 2.24) is 0 Å². The van der Waals surface area contributed by atoms with Crippen LogP contribution in [0.15, 0.2) is 0 Å². The van der Waals surface area contributed by atoms with E-state index in [-0.39, 0.29) is 6.10 Å². The van der Waals surface area contributed by atoms with Gasteiger partial charge >= 0.3 is 0 Å². The SMILES string of the molecule is CC(C)(O)C[C@H]1CCCC[C@H]1O. The van der Waals surface area contributed by atoms with Crippen molar-refractivity contribution in [3.05, 3.63) is 0 Å². The van der Waals surface area contributed by atoms with E-state index in [9.17, 15) is 10.2 Å². The lowest BCUT2D eigenvalue weighted by atomic mass is 9.80. The monoisotopic (exact) mass is 172 g/mol. The highest BCUT2D eigenvalue weighted by atomic mass is 16.3. The normalized spacial score (nSPS) is 32.0. The lowest BCUT2D eigenvalue weighted by molar-refractivity contribution is -0.00321. The maximum Gasteiger partial charge on any atom is 0.0595 e. The molecule has 0 aromatic heterocycles. The van der Waals surface area contributed by atoms with Crippen LogP contribution in [0.1, 0.15) is 46.0 Å². The second kappa shape index (κ2) is 3.75. The summed E-state index contributed by atoms with van der Waals surface area (Å²) in [4.78, 5) is 0. The molecule has 0 bridgehead atoms. The molecule has 2 atom stereocenters. The minimum absolute atomic E-state index is 0.176. The molecule has 0 aromatic rings. The second-order valence-corrected chi connectivity index (χ2v) is 4.63.